The molecular weight excluding hydrogens is 314 g/mol. The van der Waals surface area contributed by atoms with E-state index in [4.69, 9.17) is 9.72 Å². The van der Waals surface area contributed by atoms with Crippen molar-refractivity contribution in [2.45, 2.75) is 33.4 Å². The predicted octanol–water partition coefficient (Wildman–Crippen LogP) is 2.02. The topological polar surface area (TPSA) is 77.2 Å². The molecule has 23 heavy (non-hydrogen) atoms. The molecule has 1 N–H and O–H groups in total. The van der Waals surface area contributed by atoms with Crippen molar-refractivity contribution in [2.24, 2.45) is 0 Å². The summed E-state index contributed by atoms with van der Waals surface area (Å²) < 4.78 is 7.43. The maximum atomic E-state index is 12.8. The van der Waals surface area contributed by atoms with Gasteiger partial charge in [-0.3, -0.25) is 9.36 Å². The summed E-state index contributed by atoms with van der Waals surface area (Å²) in [7, 11) is 1.65. The number of methoxy groups -OCH3 is 1. The Morgan fingerprint density at radius 3 is 2.83 bits per heavy atom. The van der Waals surface area contributed by atoms with E-state index in [-0.39, 0.29) is 18.7 Å². The molecule has 0 aromatic carbocycles. The summed E-state index contributed by atoms with van der Waals surface area (Å²) in [4.78, 5) is 22.8. The van der Waals surface area contributed by atoms with Crippen LogP contribution in [0.3, 0.4) is 0 Å². The van der Waals surface area contributed by atoms with Gasteiger partial charge in [-0.2, -0.15) is 0 Å². The Morgan fingerprint density at radius 2 is 2.17 bits per heavy atom. The van der Waals surface area contributed by atoms with Gasteiger partial charge in [-0.1, -0.05) is 6.92 Å². The number of aryl methyl sites for hydroxylation is 2. The third-order valence-electron chi connectivity index (χ3n) is 3.78. The molecule has 3 rings (SSSR count). The molecule has 122 valence electrons. The van der Waals surface area contributed by atoms with E-state index >= 15 is 0 Å². The predicted molar refractivity (Wildman–Crippen MR) is 91.1 cm³/mol. The van der Waals surface area contributed by atoms with Crippen molar-refractivity contribution in [3.05, 3.63) is 33.5 Å². The Hall–Kier alpha value is -1.83. The highest BCUT2D eigenvalue weighted by Crippen LogP contribution is 2.32. The fraction of sp³-hybridized carbons (Fsp3) is 0.438. The van der Waals surface area contributed by atoms with Crippen LogP contribution in [0.25, 0.3) is 20.4 Å². The smallest absolute Gasteiger partial charge is 0.271 e. The van der Waals surface area contributed by atoms with Gasteiger partial charge in [0.25, 0.3) is 5.56 Å². The lowest BCUT2D eigenvalue weighted by atomic mass is 10.1. The summed E-state index contributed by atoms with van der Waals surface area (Å²) in [5.41, 5.74) is 2.48. The number of fused-ring (bicyclic) bond motifs is 3. The first-order valence-corrected chi connectivity index (χ1v) is 8.34. The highest BCUT2D eigenvalue weighted by Gasteiger charge is 2.18. The van der Waals surface area contributed by atoms with Gasteiger partial charge in [0.2, 0.25) is 0 Å². The minimum Gasteiger partial charge on any atom is -0.395 e. The molecule has 3 heterocycles. The number of aliphatic hydroxyl groups excluding tert-OH is 1. The fourth-order valence-electron chi connectivity index (χ4n) is 2.85. The SMILES string of the molecule is CCc1nc2c(sc3nc(C)cc(COC)c32)c(=O)n1CCO. The van der Waals surface area contributed by atoms with Gasteiger partial charge in [0.15, 0.2) is 0 Å². The van der Waals surface area contributed by atoms with E-state index in [2.05, 4.69) is 4.98 Å². The van der Waals surface area contributed by atoms with Crippen molar-refractivity contribution in [1.82, 2.24) is 14.5 Å². The Bertz CT molecular complexity index is 930. The number of pyridine rings is 1. The molecule has 0 fully saturated rings. The van der Waals surface area contributed by atoms with Crippen LogP contribution in [0.5, 0.6) is 0 Å². The van der Waals surface area contributed by atoms with Crippen LogP contribution in [0.2, 0.25) is 0 Å². The summed E-state index contributed by atoms with van der Waals surface area (Å²) in [5, 5.41) is 10.1. The van der Waals surface area contributed by atoms with Crippen molar-refractivity contribution in [1.29, 1.82) is 0 Å². The van der Waals surface area contributed by atoms with E-state index in [1.54, 1.807) is 11.7 Å². The maximum absolute atomic E-state index is 12.8. The molecule has 0 saturated carbocycles. The van der Waals surface area contributed by atoms with Crippen LogP contribution in [-0.4, -0.2) is 33.4 Å². The summed E-state index contributed by atoms with van der Waals surface area (Å²) in [6.07, 6.45) is 0.626. The summed E-state index contributed by atoms with van der Waals surface area (Å²) in [5.74, 6) is 0.681. The summed E-state index contributed by atoms with van der Waals surface area (Å²) in [6, 6.07) is 1.98. The molecule has 0 amide bonds. The Balaban J connectivity index is 2.43. The third kappa shape index (κ3) is 2.65. The number of hydrogen-bond donors (Lipinski definition) is 1. The average molecular weight is 333 g/mol. The van der Waals surface area contributed by atoms with Gasteiger partial charge in [-0.05, 0) is 18.6 Å². The molecule has 0 radical (unpaired) electrons. The molecular formula is C16H19N3O3S. The molecule has 7 heteroatoms. The zero-order valence-corrected chi connectivity index (χ0v) is 14.2. The average Bonchev–Trinajstić information content (AvgIpc) is 2.88. The number of aromatic nitrogens is 3. The van der Waals surface area contributed by atoms with Gasteiger partial charge in [-0.15, -0.1) is 11.3 Å². The van der Waals surface area contributed by atoms with Crippen molar-refractivity contribution in [3.63, 3.8) is 0 Å². The van der Waals surface area contributed by atoms with Gasteiger partial charge in [0.05, 0.1) is 25.3 Å². The number of nitrogens with zero attached hydrogens (tertiary/aromatic N) is 3. The lowest BCUT2D eigenvalue weighted by Crippen LogP contribution is -2.25. The van der Waals surface area contributed by atoms with E-state index in [1.165, 1.54) is 11.3 Å². The number of rotatable bonds is 5. The monoisotopic (exact) mass is 333 g/mol. The van der Waals surface area contributed by atoms with E-state index in [0.29, 0.717) is 29.1 Å². The summed E-state index contributed by atoms with van der Waals surface area (Å²) in [6.45, 7) is 4.51. The van der Waals surface area contributed by atoms with Crippen LogP contribution in [0, 0.1) is 6.92 Å². The van der Waals surface area contributed by atoms with Gasteiger partial charge >= 0.3 is 0 Å². The number of thiophene rings is 1. The molecule has 0 aliphatic heterocycles. The Kier molecular flexibility index (Phi) is 4.43. The second-order valence-electron chi connectivity index (χ2n) is 5.38. The highest BCUT2D eigenvalue weighted by atomic mass is 32.1. The van der Waals surface area contributed by atoms with E-state index in [9.17, 15) is 9.90 Å². The Labute approximate surface area is 137 Å². The van der Waals surface area contributed by atoms with E-state index in [1.807, 2.05) is 19.9 Å². The number of hydrogen-bond acceptors (Lipinski definition) is 6. The minimum absolute atomic E-state index is 0.0860. The van der Waals surface area contributed by atoms with Crippen LogP contribution in [0.1, 0.15) is 24.0 Å². The van der Waals surface area contributed by atoms with Gasteiger partial charge < -0.3 is 9.84 Å². The van der Waals surface area contributed by atoms with Crippen molar-refractivity contribution in [3.8, 4) is 0 Å². The van der Waals surface area contributed by atoms with E-state index in [0.717, 1.165) is 21.5 Å². The lowest BCUT2D eigenvalue weighted by Gasteiger charge is -2.09. The van der Waals surface area contributed by atoms with Crippen LogP contribution < -0.4 is 5.56 Å². The number of ether oxygens (including phenoxy) is 1. The summed E-state index contributed by atoms with van der Waals surface area (Å²) >= 11 is 1.36. The molecule has 3 aromatic heterocycles. The zero-order chi connectivity index (χ0) is 16.6. The van der Waals surface area contributed by atoms with Crippen LogP contribution in [-0.2, 0) is 24.3 Å². The molecule has 3 aromatic rings. The second-order valence-corrected chi connectivity index (χ2v) is 6.38. The maximum Gasteiger partial charge on any atom is 0.271 e. The van der Waals surface area contributed by atoms with Crippen molar-refractivity contribution >= 4 is 31.8 Å². The molecule has 0 unspecified atom stereocenters. The van der Waals surface area contributed by atoms with Gasteiger partial charge in [-0.25, -0.2) is 9.97 Å². The minimum atomic E-state index is -0.107. The highest BCUT2D eigenvalue weighted by molar-refractivity contribution is 7.25. The normalized spacial score (nSPS) is 11.7. The van der Waals surface area contributed by atoms with Crippen LogP contribution in [0.4, 0.5) is 0 Å². The zero-order valence-electron chi connectivity index (χ0n) is 13.4. The molecule has 0 saturated heterocycles. The molecule has 0 aliphatic carbocycles. The van der Waals surface area contributed by atoms with Crippen molar-refractivity contribution in [2.75, 3.05) is 13.7 Å². The first kappa shape index (κ1) is 16.0. The molecule has 0 bridgehead atoms. The first-order valence-electron chi connectivity index (χ1n) is 7.52. The quantitative estimate of drug-likeness (QED) is 0.773. The lowest BCUT2D eigenvalue weighted by molar-refractivity contribution is 0.186. The van der Waals surface area contributed by atoms with E-state index < -0.39 is 0 Å². The fourth-order valence-corrected chi connectivity index (χ4v) is 4.00. The molecule has 0 atom stereocenters. The van der Waals surface area contributed by atoms with Gasteiger partial charge in [0.1, 0.15) is 15.4 Å². The van der Waals surface area contributed by atoms with Crippen LogP contribution in [0.15, 0.2) is 10.9 Å². The molecule has 0 aliphatic rings. The number of aliphatic hydroxyl groups is 1. The van der Waals surface area contributed by atoms with Crippen molar-refractivity contribution < 1.29 is 9.84 Å². The molecule has 6 nitrogen and oxygen atoms in total. The first-order chi connectivity index (χ1) is 11.1. The second kappa shape index (κ2) is 6.35. The standard InChI is InChI=1S/C16H19N3O3S/c1-4-11-18-13-12-10(8-22-3)7-9(2)17-15(12)23-14(13)16(21)19(11)5-6-20/h7,20H,4-6,8H2,1-3H3. The Morgan fingerprint density at radius 1 is 1.39 bits per heavy atom. The third-order valence-corrected chi connectivity index (χ3v) is 4.84. The van der Waals surface area contributed by atoms with Gasteiger partial charge in [0, 0.05) is 24.6 Å². The molecule has 0 spiro atoms. The largest absolute Gasteiger partial charge is 0.395 e. The van der Waals surface area contributed by atoms with Crippen LogP contribution >= 0.6 is 11.3 Å².